The molecule has 2 unspecified atom stereocenters. The summed E-state index contributed by atoms with van der Waals surface area (Å²) >= 11 is 0. The minimum absolute atomic E-state index is 0.153. The molecule has 5 nitrogen and oxygen atoms in total. The van der Waals surface area contributed by atoms with Crippen molar-refractivity contribution in [3.05, 3.63) is 23.8 Å². The molecule has 1 aromatic carbocycles. The van der Waals surface area contributed by atoms with Gasteiger partial charge in [-0.2, -0.15) is 0 Å². The Labute approximate surface area is 150 Å². The Balaban J connectivity index is 1.65. The molecule has 3 rings (SSSR count). The molecule has 0 spiro atoms. The second kappa shape index (κ2) is 7.46. The molecule has 2 atom stereocenters. The number of nitrogens with one attached hydrogen (secondary N) is 1. The summed E-state index contributed by atoms with van der Waals surface area (Å²) < 4.78 is 0. The van der Waals surface area contributed by atoms with Crippen molar-refractivity contribution >= 4 is 23.2 Å². The maximum Gasteiger partial charge on any atom is 0.241 e. The van der Waals surface area contributed by atoms with Crippen LogP contribution in [0.3, 0.4) is 0 Å². The van der Waals surface area contributed by atoms with Gasteiger partial charge >= 0.3 is 0 Å². The van der Waals surface area contributed by atoms with E-state index in [9.17, 15) is 9.59 Å². The van der Waals surface area contributed by atoms with Crippen LogP contribution in [0.1, 0.15) is 38.7 Å². The number of nitrogens with zero attached hydrogens (tertiary/aromatic N) is 2. The molecule has 2 fully saturated rings. The van der Waals surface area contributed by atoms with Crippen LogP contribution in [-0.4, -0.2) is 42.9 Å². The topological polar surface area (TPSA) is 52.7 Å². The zero-order valence-corrected chi connectivity index (χ0v) is 15.5. The molecule has 5 heteroatoms. The van der Waals surface area contributed by atoms with E-state index in [4.69, 9.17) is 0 Å². The van der Waals surface area contributed by atoms with Crippen molar-refractivity contribution in [3.8, 4) is 0 Å². The molecule has 136 valence electrons. The molecule has 25 heavy (non-hydrogen) atoms. The lowest BCUT2D eigenvalue weighted by Gasteiger charge is -2.35. The van der Waals surface area contributed by atoms with Crippen LogP contribution in [0.2, 0.25) is 0 Å². The van der Waals surface area contributed by atoms with Gasteiger partial charge in [0.05, 0.1) is 6.54 Å². The molecule has 0 saturated carbocycles. The van der Waals surface area contributed by atoms with E-state index >= 15 is 0 Å². The van der Waals surface area contributed by atoms with Crippen molar-refractivity contribution < 1.29 is 9.59 Å². The maximum atomic E-state index is 12.6. The fraction of sp³-hybridized carbons (Fsp3) is 0.600. The molecule has 0 radical (unpaired) electrons. The Morgan fingerprint density at radius 2 is 1.96 bits per heavy atom. The molecule has 0 bridgehead atoms. The Morgan fingerprint density at radius 3 is 2.60 bits per heavy atom. The number of carbonyl (C=O) groups is 2. The highest BCUT2D eigenvalue weighted by atomic mass is 16.2. The van der Waals surface area contributed by atoms with E-state index in [-0.39, 0.29) is 11.8 Å². The lowest BCUT2D eigenvalue weighted by atomic mass is 9.92. The van der Waals surface area contributed by atoms with Crippen molar-refractivity contribution in [1.82, 2.24) is 4.90 Å². The Morgan fingerprint density at radius 1 is 1.24 bits per heavy atom. The van der Waals surface area contributed by atoms with E-state index in [0.717, 1.165) is 43.0 Å². The summed E-state index contributed by atoms with van der Waals surface area (Å²) in [5.41, 5.74) is 2.93. The zero-order valence-electron chi connectivity index (χ0n) is 15.5. The third-order valence-corrected chi connectivity index (χ3v) is 5.32. The molecule has 2 aliphatic heterocycles. The summed E-state index contributed by atoms with van der Waals surface area (Å²) in [5, 5.41) is 3.29. The third-order valence-electron chi connectivity index (χ3n) is 5.32. The summed E-state index contributed by atoms with van der Waals surface area (Å²) in [4.78, 5) is 28.4. The van der Waals surface area contributed by atoms with Crippen molar-refractivity contribution in [2.75, 3.05) is 36.4 Å². The van der Waals surface area contributed by atoms with Gasteiger partial charge in [0.25, 0.3) is 0 Å². The summed E-state index contributed by atoms with van der Waals surface area (Å²) in [5.74, 6) is 1.48. The second-order valence-electron chi connectivity index (χ2n) is 7.70. The van der Waals surface area contributed by atoms with Crippen LogP contribution in [0.25, 0.3) is 0 Å². The monoisotopic (exact) mass is 343 g/mol. The Bertz CT molecular complexity index is 648. The van der Waals surface area contributed by atoms with Gasteiger partial charge in [-0.1, -0.05) is 19.9 Å². The van der Waals surface area contributed by atoms with Crippen molar-refractivity contribution in [1.29, 1.82) is 0 Å². The molecule has 2 saturated heterocycles. The molecule has 0 aromatic heterocycles. The van der Waals surface area contributed by atoms with Crippen molar-refractivity contribution in [2.45, 2.75) is 40.0 Å². The first-order valence-electron chi connectivity index (χ1n) is 9.37. The van der Waals surface area contributed by atoms with E-state index in [1.54, 1.807) is 0 Å². The van der Waals surface area contributed by atoms with Gasteiger partial charge in [0.1, 0.15) is 0 Å². The fourth-order valence-electron chi connectivity index (χ4n) is 4.16. The molecular formula is C20H29N3O2. The van der Waals surface area contributed by atoms with Crippen LogP contribution in [0.5, 0.6) is 0 Å². The largest absolute Gasteiger partial charge is 0.376 e. The predicted octanol–water partition coefficient (Wildman–Crippen LogP) is 3.04. The Hall–Kier alpha value is -2.04. The average Bonchev–Trinajstić information content (AvgIpc) is 2.98. The zero-order chi connectivity index (χ0) is 18.0. The predicted molar refractivity (Wildman–Crippen MR) is 101 cm³/mol. The van der Waals surface area contributed by atoms with Crippen LogP contribution in [-0.2, 0) is 9.59 Å². The van der Waals surface area contributed by atoms with Gasteiger partial charge < -0.3 is 15.1 Å². The number of likely N-dealkylation sites (tertiary alicyclic amines) is 1. The molecule has 2 heterocycles. The quantitative estimate of drug-likeness (QED) is 0.914. The number of anilines is 2. The highest BCUT2D eigenvalue weighted by Crippen LogP contribution is 2.30. The SMILES string of the molecule is Cc1c(NCC(=O)N2CC(C)CC(C)C2)cccc1N1CCCC1=O. The highest BCUT2D eigenvalue weighted by molar-refractivity contribution is 5.97. The number of hydrogen-bond donors (Lipinski definition) is 1. The normalized spacial score (nSPS) is 23.9. The molecule has 2 aliphatic rings. The lowest BCUT2D eigenvalue weighted by Crippen LogP contribution is -2.44. The van der Waals surface area contributed by atoms with E-state index < -0.39 is 0 Å². The van der Waals surface area contributed by atoms with E-state index in [2.05, 4.69) is 19.2 Å². The molecule has 2 amide bonds. The first-order valence-corrected chi connectivity index (χ1v) is 9.37. The van der Waals surface area contributed by atoms with Crippen LogP contribution in [0, 0.1) is 18.8 Å². The van der Waals surface area contributed by atoms with E-state index in [0.29, 0.717) is 24.8 Å². The minimum Gasteiger partial charge on any atom is -0.376 e. The van der Waals surface area contributed by atoms with Crippen molar-refractivity contribution in [3.63, 3.8) is 0 Å². The number of rotatable bonds is 4. The smallest absolute Gasteiger partial charge is 0.241 e. The van der Waals surface area contributed by atoms with Gasteiger partial charge in [-0.3, -0.25) is 9.59 Å². The second-order valence-corrected chi connectivity index (χ2v) is 7.70. The number of carbonyl (C=O) groups excluding carboxylic acids is 2. The highest BCUT2D eigenvalue weighted by Gasteiger charge is 2.26. The number of hydrogen-bond acceptors (Lipinski definition) is 3. The van der Waals surface area contributed by atoms with Crippen LogP contribution < -0.4 is 10.2 Å². The van der Waals surface area contributed by atoms with Crippen molar-refractivity contribution in [2.24, 2.45) is 11.8 Å². The van der Waals surface area contributed by atoms with Gasteiger partial charge in [0.15, 0.2) is 0 Å². The van der Waals surface area contributed by atoms with Crippen LogP contribution in [0.4, 0.5) is 11.4 Å². The first kappa shape index (κ1) is 17.8. The number of amides is 2. The first-order chi connectivity index (χ1) is 12.0. The standard InChI is InChI=1S/C20H29N3O2/c1-14-10-15(2)13-22(12-14)20(25)11-21-17-6-4-7-18(16(17)3)23-9-5-8-19(23)24/h4,6-7,14-15,21H,5,8-13H2,1-3H3. The van der Waals surface area contributed by atoms with Crippen LogP contribution >= 0.6 is 0 Å². The summed E-state index contributed by atoms with van der Waals surface area (Å²) in [6, 6.07) is 5.92. The number of benzene rings is 1. The summed E-state index contributed by atoms with van der Waals surface area (Å²) in [6.45, 7) is 9.23. The van der Waals surface area contributed by atoms with Gasteiger partial charge in [-0.15, -0.1) is 0 Å². The fourth-order valence-corrected chi connectivity index (χ4v) is 4.16. The van der Waals surface area contributed by atoms with Crippen LogP contribution in [0.15, 0.2) is 18.2 Å². The molecule has 1 N–H and O–H groups in total. The third kappa shape index (κ3) is 3.97. The van der Waals surface area contributed by atoms with Gasteiger partial charge in [0.2, 0.25) is 11.8 Å². The van der Waals surface area contributed by atoms with Gasteiger partial charge in [-0.25, -0.2) is 0 Å². The van der Waals surface area contributed by atoms with E-state index in [1.165, 1.54) is 6.42 Å². The lowest BCUT2D eigenvalue weighted by molar-refractivity contribution is -0.131. The number of piperidine rings is 1. The molecule has 1 aromatic rings. The van der Waals surface area contributed by atoms with Gasteiger partial charge in [-0.05, 0) is 49.3 Å². The Kier molecular flexibility index (Phi) is 5.30. The van der Waals surface area contributed by atoms with Gasteiger partial charge in [0, 0.05) is 37.4 Å². The van der Waals surface area contributed by atoms with E-state index in [1.807, 2.05) is 34.9 Å². The summed E-state index contributed by atoms with van der Waals surface area (Å²) in [7, 11) is 0. The molecular weight excluding hydrogens is 314 g/mol. The molecule has 0 aliphatic carbocycles. The minimum atomic E-state index is 0.153. The maximum absolute atomic E-state index is 12.6. The average molecular weight is 343 g/mol. The summed E-state index contributed by atoms with van der Waals surface area (Å²) in [6.07, 6.45) is 2.74.